The van der Waals surface area contributed by atoms with E-state index in [0.717, 1.165) is 43.5 Å². The van der Waals surface area contributed by atoms with Gasteiger partial charge in [-0.05, 0) is 57.5 Å². The lowest BCUT2D eigenvalue weighted by Gasteiger charge is -2.22. The highest BCUT2D eigenvalue weighted by Crippen LogP contribution is 2.39. The highest BCUT2D eigenvalue weighted by molar-refractivity contribution is 5.44. The van der Waals surface area contributed by atoms with Crippen LogP contribution in [-0.2, 0) is 0 Å². The van der Waals surface area contributed by atoms with Crippen molar-refractivity contribution in [3.8, 4) is 0 Å². The molecule has 1 aliphatic carbocycles. The molecule has 23 heavy (non-hydrogen) atoms. The second-order valence-corrected chi connectivity index (χ2v) is 6.69. The highest BCUT2D eigenvalue weighted by Gasteiger charge is 2.26. The van der Waals surface area contributed by atoms with Crippen LogP contribution in [0.1, 0.15) is 50.1 Å². The van der Waals surface area contributed by atoms with Crippen LogP contribution in [0.2, 0.25) is 0 Å². The maximum Gasteiger partial charge on any atom is 0.224 e. The molecule has 0 atom stereocenters. The van der Waals surface area contributed by atoms with Crippen LogP contribution in [0.3, 0.4) is 0 Å². The second kappa shape index (κ2) is 8.45. The van der Waals surface area contributed by atoms with Gasteiger partial charge in [-0.15, -0.1) is 0 Å². The maximum absolute atomic E-state index is 8.89. The first-order valence-electron chi connectivity index (χ1n) is 9.03. The number of anilines is 2. The zero-order valence-corrected chi connectivity index (χ0v) is 13.9. The van der Waals surface area contributed by atoms with Crippen molar-refractivity contribution in [2.75, 3.05) is 43.4 Å². The molecule has 6 nitrogen and oxygen atoms in total. The van der Waals surface area contributed by atoms with Crippen LogP contribution in [0.15, 0.2) is 6.07 Å². The standard InChI is InChI=1S/C17H29N5O/c23-11-1-7-20-17-21-15(14-2-3-14)12-16(22-17)19-10-6-13-4-8-18-9-5-13/h12-14,18,23H,1-11H2,(H2,19,20,21,22). The number of hydrogen-bond acceptors (Lipinski definition) is 6. The van der Waals surface area contributed by atoms with E-state index in [2.05, 4.69) is 32.0 Å². The van der Waals surface area contributed by atoms with Gasteiger partial charge in [0.15, 0.2) is 0 Å². The van der Waals surface area contributed by atoms with Crippen molar-refractivity contribution in [2.45, 2.75) is 44.4 Å². The molecule has 2 fully saturated rings. The Kier molecular flexibility index (Phi) is 6.05. The lowest BCUT2D eigenvalue weighted by atomic mass is 9.95. The Labute approximate surface area is 138 Å². The zero-order chi connectivity index (χ0) is 15.9. The summed E-state index contributed by atoms with van der Waals surface area (Å²) in [5, 5.41) is 19.0. The van der Waals surface area contributed by atoms with E-state index in [4.69, 9.17) is 5.11 Å². The van der Waals surface area contributed by atoms with Gasteiger partial charge in [0.2, 0.25) is 5.95 Å². The summed E-state index contributed by atoms with van der Waals surface area (Å²) in [6, 6.07) is 2.11. The summed E-state index contributed by atoms with van der Waals surface area (Å²) < 4.78 is 0. The monoisotopic (exact) mass is 319 g/mol. The first-order chi connectivity index (χ1) is 11.3. The van der Waals surface area contributed by atoms with Gasteiger partial charge in [0.05, 0.1) is 5.69 Å². The minimum absolute atomic E-state index is 0.191. The fourth-order valence-corrected chi connectivity index (χ4v) is 3.08. The average molecular weight is 319 g/mol. The number of aromatic nitrogens is 2. The number of aliphatic hydroxyl groups is 1. The number of rotatable bonds is 9. The Bertz CT molecular complexity index is 486. The molecule has 128 valence electrons. The fraction of sp³-hybridized carbons (Fsp3) is 0.765. The number of nitrogens with zero attached hydrogens (tertiary/aromatic N) is 2. The largest absolute Gasteiger partial charge is 0.396 e. The first-order valence-corrected chi connectivity index (χ1v) is 9.03. The summed E-state index contributed by atoms with van der Waals surface area (Å²) in [6.07, 6.45) is 6.97. The van der Waals surface area contributed by atoms with Crippen LogP contribution in [0.4, 0.5) is 11.8 Å². The van der Waals surface area contributed by atoms with Crippen molar-refractivity contribution >= 4 is 11.8 Å². The molecule has 2 aliphatic rings. The molecule has 4 N–H and O–H groups in total. The van der Waals surface area contributed by atoms with E-state index in [1.54, 1.807) is 0 Å². The average Bonchev–Trinajstić information content (AvgIpc) is 3.41. The predicted octanol–water partition coefficient (Wildman–Crippen LogP) is 1.95. The van der Waals surface area contributed by atoms with E-state index < -0.39 is 0 Å². The molecule has 0 amide bonds. The minimum atomic E-state index is 0.191. The Hall–Kier alpha value is -1.40. The van der Waals surface area contributed by atoms with E-state index in [1.165, 1.54) is 32.1 Å². The molecule has 1 aromatic heterocycles. The van der Waals surface area contributed by atoms with Crippen LogP contribution in [0.25, 0.3) is 0 Å². The summed E-state index contributed by atoms with van der Waals surface area (Å²) in [6.45, 7) is 4.18. The molecule has 0 unspecified atom stereocenters. The van der Waals surface area contributed by atoms with E-state index >= 15 is 0 Å². The highest BCUT2D eigenvalue weighted by atomic mass is 16.3. The topological polar surface area (TPSA) is 82.1 Å². The first kappa shape index (κ1) is 16.5. The molecule has 1 aromatic rings. The van der Waals surface area contributed by atoms with Crippen LogP contribution in [0, 0.1) is 5.92 Å². The van der Waals surface area contributed by atoms with Gasteiger partial charge in [-0.1, -0.05) is 0 Å². The van der Waals surface area contributed by atoms with Crippen LogP contribution in [0.5, 0.6) is 0 Å². The van der Waals surface area contributed by atoms with Crippen molar-refractivity contribution in [1.29, 1.82) is 0 Å². The van der Waals surface area contributed by atoms with Crippen molar-refractivity contribution in [1.82, 2.24) is 15.3 Å². The smallest absolute Gasteiger partial charge is 0.224 e. The van der Waals surface area contributed by atoms with E-state index in [9.17, 15) is 0 Å². The molecule has 6 heteroatoms. The van der Waals surface area contributed by atoms with Gasteiger partial charge in [0.25, 0.3) is 0 Å². The summed E-state index contributed by atoms with van der Waals surface area (Å²) in [7, 11) is 0. The van der Waals surface area contributed by atoms with Gasteiger partial charge in [-0.25, -0.2) is 4.98 Å². The molecule has 0 aromatic carbocycles. The Morgan fingerprint density at radius 1 is 1.09 bits per heavy atom. The van der Waals surface area contributed by atoms with E-state index in [1.807, 2.05) is 0 Å². The third kappa shape index (κ3) is 5.32. The minimum Gasteiger partial charge on any atom is -0.396 e. The summed E-state index contributed by atoms with van der Waals surface area (Å²) in [4.78, 5) is 9.18. The molecule has 1 saturated heterocycles. The number of hydrogen-bond donors (Lipinski definition) is 4. The lowest BCUT2D eigenvalue weighted by molar-refractivity contribution is 0.292. The van der Waals surface area contributed by atoms with E-state index in [0.29, 0.717) is 18.4 Å². The van der Waals surface area contributed by atoms with Crippen molar-refractivity contribution in [3.63, 3.8) is 0 Å². The van der Waals surface area contributed by atoms with Gasteiger partial charge in [0.1, 0.15) is 5.82 Å². The Balaban J connectivity index is 1.53. The number of aliphatic hydroxyl groups excluding tert-OH is 1. The second-order valence-electron chi connectivity index (χ2n) is 6.69. The molecule has 0 bridgehead atoms. The molecular formula is C17H29N5O. The molecule has 3 rings (SSSR count). The SMILES string of the molecule is OCCCNc1nc(NCCC2CCNCC2)cc(C2CC2)n1. The number of nitrogens with one attached hydrogen (secondary N) is 3. The molecule has 1 saturated carbocycles. The fourth-order valence-electron chi connectivity index (χ4n) is 3.08. The quantitative estimate of drug-likeness (QED) is 0.521. The summed E-state index contributed by atoms with van der Waals surface area (Å²) in [5.41, 5.74) is 1.15. The van der Waals surface area contributed by atoms with Crippen molar-refractivity contribution in [2.24, 2.45) is 5.92 Å². The van der Waals surface area contributed by atoms with Crippen molar-refractivity contribution < 1.29 is 5.11 Å². The van der Waals surface area contributed by atoms with Crippen LogP contribution < -0.4 is 16.0 Å². The van der Waals surface area contributed by atoms with Gasteiger partial charge in [-0.2, -0.15) is 4.98 Å². The molecule has 2 heterocycles. The Morgan fingerprint density at radius 3 is 2.65 bits per heavy atom. The lowest BCUT2D eigenvalue weighted by Crippen LogP contribution is -2.28. The third-order valence-electron chi connectivity index (χ3n) is 4.68. The van der Waals surface area contributed by atoms with Crippen LogP contribution >= 0.6 is 0 Å². The Morgan fingerprint density at radius 2 is 1.91 bits per heavy atom. The zero-order valence-electron chi connectivity index (χ0n) is 13.9. The summed E-state index contributed by atoms with van der Waals surface area (Å²) >= 11 is 0. The third-order valence-corrected chi connectivity index (χ3v) is 4.68. The molecule has 1 aliphatic heterocycles. The maximum atomic E-state index is 8.89. The molecule has 0 spiro atoms. The summed E-state index contributed by atoms with van der Waals surface area (Å²) in [5.74, 6) is 3.06. The number of piperidine rings is 1. The predicted molar refractivity (Wildman–Crippen MR) is 92.9 cm³/mol. The van der Waals surface area contributed by atoms with Gasteiger partial charge in [0, 0.05) is 31.7 Å². The normalized spacial score (nSPS) is 18.8. The van der Waals surface area contributed by atoms with Gasteiger partial charge >= 0.3 is 0 Å². The molecular weight excluding hydrogens is 290 g/mol. The molecule has 0 radical (unpaired) electrons. The van der Waals surface area contributed by atoms with Gasteiger partial charge < -0.3 is 21.1 Å². The van der Waals surface area contributed by atoms with E-state index in [-0.39, 0.29) is 6.61 Å². The van der Waals surface area contributed by atoms with Crippen molar-refractivity contribution in [3.05, 3.63) is 11.8 Å². The van der Waals surface area contributed by atoms with Crippen LogP contribution in [-0.4, -0.2) is 47.9 Å². The van der Waals surface area contributed by atoms with Gasteiger partial charge in [-0.3, -0.25) is 0 Å².